The monoisotopic (exact) mass is 514 g/mol. The highest BCUT2D eigenvalue weighted by Crippen LogP contribution is 2.31. The SMILES string of the molecule is COC(=O)c1cc(Cc2ccccc2)sc1NC(=S)Nc1cnn(Cc2c(F)cccc2Cl)c1. The molecule has 34 heavy (non-hydrogen) atoms. The molecule has 174 valence electrons. The molecule has 0 aliphatic rings. The molecule has 0 spiro atoms. The van der Waals surface area contributed by atoms with Crippen molar-refractivity contribution in [3.63, 3.8) is 0 Å². The highest BCUT2D eigenvalue weighted by molar-refractivity contribution is 7.80. The topological polar surface area (TPSA) is 68.2 Å². The van der Waals surface area contributed by atoms with E-state index in [1.807, 2.05) is 36.4 Å². The van der Waals surface area contributed by atoms with E-state index in [0.717, 1.165) is 10.4 Å². The maximum absolute atomic E-state index is 14.1. The van der Waals surface area contributed by atoms with Crippen LogP contribution in [-0.2, 0) is 17.7 Å². The number of methoxy groups -OCH3 is 1. The van der Waals surface area contributed by atoms with Gasteiger partial charge in [-0.3, -0.25) is 4.68 Å². The summed E-state index contributed by atoms with van der Waals surface area (Å²) in [5.74, 6) is -0.843. The van der Waals surface area contributed by atoms with Crippen LogP contribution in [-0.4, -0.2) is 28.0 Å². The zero-order valence-electron chi connectivity index (χ0n) is 18.0. The molecule has 0 radical (unpaired) electrons. The maximum Gasteiger partial charge on any atom is 0.340 e. The molecule has 0 amide bonds. The Morgan fingerprint density at radius 1 is 1.21 bits per heavy atom. The predicted molar refractivity (Wildman–Crippen MR) is 137 cm³/mol. The number of anilines is 2. The van der Waals surface area contributed by atoms with Gasteiger partial charge in [-0.1, -0.05) is 48.0 Å². The normalized spacial score (nSPS) is 10.7. The van der Waals surface area contributed by atoms with Crippen molar-refractivity contribution >= 4 is 56.9 Å². The van der Waals surface area contributed by atoms with Crippen molar-refractivity contribution in [3.05, 3.63) is 99.4 Å². The number of halogens is 2. The van der Waals surface area contributed by atoms with Gasteiger partial charge in [-0.25, -0.2) is 9.18 Å². The molecule has 6 nitrogen and oxygen atoms in total. The Balaban J connectivity index is 1.45. The molecule has 10 heteroatoms. The Kier molecular flexibility index (Phi) is 7.56. The first-order valence-corrected chi connectivity index (χ1v) is 11.8. The quantitative estimate of drug-likeness (QED) is 0.234. The third kappa shape index (κ3) is 5.80. The number of rotatable bonds is 7. The van der Waals surface area contributed by atoms with Gasteiger partial charge in [-0.2, -0.15) is 5.10 Å². The number of ether oxygens (including phenoxy) is 1. The number of thiophene rings is 1. The van der Waals surface area contributed by atoms with Crippen LogP contribution >= 0.6 is 35.2 Å². The molecule has 0 aliphatic carbocycles. The fraction of sp³-hybridized carbons (Fsp3) is 0.125. The summed E-state index contributed by atoms with van der Waals surface area (Å²) < 4.78 is 20.5. The van der Waals surface area contributed by atoms with E-state index in [0.29, 0.717) is 33.3 Å². The molecule has 4 aromatic rings. The second-order valence-electron chi connectivity index (χ2n) is 7.32. The number of nitrogens with zero attached hydrogens (tertiary/aromatic N) is 2. The van der Waals surface area contributed by atoms with Gasteiger partial charge in [-0.05, 0) is 36.0 Å². The first-order chi connectivity index (χ1) is 16.4. The number of hydrogen-bond donors (Lipinski definition) is 2. The summed E-state index contributed by atoms with van der Waals surface area (Å²) >= 11 is 13.0. The first kappa shape index (κ1) is 23.9. The van der Waals surface area contributed by atoms with E-state index < -0.39 is 11.8 Å². The third-order valence-electron chi connectivity index (χ3n) is 4.91. The van der Waals surface area contributed by atoms with E-state index in [2.05, 4.69) is 15.7 Å². The molecule has 2 aromatic carbocycles. The Morgan fingerprint density at radius 3 is 2.74 bits per heavy atom. The van der Waals surface area contributed by atoms with Gasteiger partial charge in [0.1, 0.15) is 10.8 Å². The minimum Gasteiger partial charge on any atom is -0.465 e. The van der Waals surface area contributed by atoms with Gasteiger partial charge in [-0.15, -0.1) is 11.3 Å². The lowest BCUT2D eigenvalue weighted by atomic mass is 10.1. The molecule has 4 rings (SSSR count). The molecule has 0 unspecified atom stereocenters. The Hall–Kier alpha value is -3.27. The molecule has 0 saturated heterocycles. The highest BCUT2D eigenvalue weighted by Gasteiger charge is 2.18. The predicted octanol–water partition coefficient (Wildman–Crippen LogP) is 5.97. The number of carbonyl (C=O) groups excluding carboxylic acids is 1. The molecule has 2 heterocycles. The standard InChI is InChI=1S/C24H20ClFN4O2S2/c1-32-23(31)18-11-17(10-15-6-3-2-4-7-15)34-22(18)29-24(33)28-16-12-27-30(13-16)14-19-20(25)8-5-9-21(19)26/h2-9,11-13H,10,14H2,1H3,(H2,28,29,33). The highest BCUT2D eigenvalue weighted by atomic mass is 35.5. The zero-order valence-corrected chi connectivity index (χ0v) is 20.4. The maximum atomic E-state index is 14.1. The number of esters is 1. The lowest BCUT2D eigenvalue weighted by Crippen LogP contribution is -2.19. The van der Waals surface area contributed by atoms with Crippen molar-refractivity contribution in [2.24, 2.45) is 0 Å². The minimum absolute atomic E-state index is 0.174. The van der Waals surface area contributed by atoms with Crippen LogP contribution in [0.15, 0.2) is 67.0 Å². The van der Waals surface area contributed by atoms with Gasteiger partial charge in [0, 0.05) is 28.1 Å². The molecule has 0 bridgehead atoms. The lowest BCUT2D eigenvalue weighted by Gasteiger charge is -2.09. The fourth-order valence-electron chi connectivity index (χ4n) is 3.31. The summed E-state index contributed by atoms with van der Waals surface area (Å²) in [6, 6.07) is 16.3. The number of carbonyl (C=O) groups is 1. The minimum atomic E-state index is -0.449. The van der Waals surface area contributed by atoms with Gasteiger partial charge < -0.3 is 15.4 Å². The number of benzene rings is 2. The van der Waals surface area contributed by atoms with Crippen LogP contribution in [0.25, 0.3) is 0 Å². The Bertz CT molecular complexity index is 1300. The number of hydrogen-bond acceptors (Lipinski definition) is 5. The van der Waals surface area contributed by atoms with E-state index in [-0.39, 0.29) is 11.7 Å². The van der Waals surface area contributed by atoms with Crippen LogP contribution < -0.4 is 10.6 Å². The third-order valence-corrected chi connectivity index (χ3v) is 6.52. The second-order valence-corrected chi connectivity index (χ2v) is 9.27. The van der Waals surface area contributed by atoms with Crippen LogP contribution in [0.5, 0.6) is 0 Å². The average Bonchev–Trinajstić information content (AvgIpc) is 3.43. The van der Waals surface area contributed by atoms with Gasteiger partial charge in [0.15, 0.2) is 5.11 Å². The summed E-state index contributed by atoms with van der Waals surface area (Å²) in [4.78, 5) is 13.3. The molecule has 2 N–H and O–H groups in total. The molecule has 2 aromatic heterocycles. The van der Waals surface area contributed by atoms with Crippen LogP contribution in [0.2, 0.25) is 5.02 Å². The summed E-state index contributed by atoms with van der Waals surface area (Å²) in [5.41, 5.74) is 2.50. The number of thiocarbonyl (C=S) groups is 1. The Morgan fingerprint density at radius 2 is 2.00 bits per heavy atom. The molecule has 0 aliphatic heterocycles. The van der Waals surface area contributed by atoms with E-state index in [9.17, 15) is 9.18 Å². The molecular weight excluding hydrogens is 495 g/mol. The molecule has 0 saturated carbocycles. The van der Waals surface area contributed by atoms with E-state index >= 15 is 0 Å². The number of nitrogens with one attached hydrogen (secondary N) is 2. The second kappa shape index (κ2) is 10.8. The fourth-order valence-corrected chi connectivity index (χ4v) is 4.90. The summed E-state index contributed by atoms with van der Waals surface area (Å²) in [6.45, 7) is 0.174. The van der Waals surface area contributed by atoms with Crippen molar-refractivity contribution in [2.45, 2.75) is 13.0 Å². The van der Waals surface area contributed by atoms with E-state index in [1.165, 1.54) is 24.5 Å². The van der Waals surface area contributed by atoms with Crippen LogP contribution in [0.1, 0.15) is 26.4 Å². The molecular formula is C24H20ClFN4O2S2. The van der Waals surface area contributed by atoms with Crippen molar-refractivity contribution in [1.82, 2.24) is 9.78 Å². The molecule has 0 atom stereocenters. The average molecular weight is 515 g/mol. The van der Waals surface area contributed by atoms with Gasteiger partial charge in [0.2, 0.25) is 0 Å². The smallest absolute Gasteiger partial charge is 0.340 e. The van der Waals surface area contributed by atoms with E-state index in [1.54, 1.807) is 29.2 Å². The summed E-state index contributed by atoms with van der Waals surface area (Å²) in [6.07, 6.45) is 3.94. The largest absolute Gasteiger partial charge is 0.465 e. The first-order valence-electron chi connectivity index (χ1n) is 10.2. The lowest BCUT2D eigenvalue weighted by molar-refractivity contribution is 0.0602. The van der Waals surface area contributed by atoms with E-state index in [4.69, 9.17) is 28.6 Å². The summed E-state index contributed by atoms with van der Waals surface area (Å²) in [5, 5.41) is 11.5. The summed E-state index contributed by atoms with van der Waals surface area (Å²) in [7, 11) is 1.34. The van der Waals surface area contributed by atoms with Crippen LogP contribution in [0.3, 0.4) is 0 Å². The van der Waals surface area contributed by atoms with Crippen LogP contribution in [0.4, 0.5) is 15.1 Å². The molecule has 0 fully saturated rings. The number of aromatic nitrogens is 2. The van der Waals surface area contributed by atoms with Crippen molar-refractivity contribution in [2.75, 3.05) is 17.7 Å². The van der Waals surface area contributed by atoms with Crippen molar-refractivity contribution in [1.29, 1.82) is 0 Å². The van der Waals surface area contributed by atoms with Crippen molar-refractivity contribution in [3.8, 4) is 0 Å². The van der Waals surface area contributed by atoms with Gasteiger partial charge in [0.05, 0.1) is 31.1 Å². The van der Waals surface area contributed by atoms with Gasteiger partial charge >= 0.3 is 5.97 Å². The van der Waals surface area contributed by atoms with Crippen LogP contribution in [0, 0.1) is 5.82 Å². The van der Waals surface area contributed by atoms with Gasteiger partial charge in [0.25, 0.3) is 0 Å². The Labute approximate surface area is 210 Å². The van der Waals surface area contributed by atoms with Crippen molar-refractivity contribution < 1.29 is 13.9 Å². The zero-order chi connectivity index (χ0) is 24.1.